The third-order valence-corrected chi connectivity index (χ3v) is 7.53. The first-order valence-electron chi connectivity index (χ1n) is 7.88. The molecule has 0 saturated carbocycles. The van der Waals surface area contributed by atoms with Crippen molar-refractivity contribution in [1.29, 1.82) is 0 Å². The Balaban J connectivity index is 0. The van der Waals surface area contributed by atoms with Crippen molar-refractivity contribution in [2.75, 3.05) is 12.3 Å². The number of imidazole rings is 1. The molecule has 0 amide bonds. The molecule has 2 aromatic rings. The van der Waals surface area contributed by atoms with E-state index >= 15 is 0 Å². The number of ether oxygens (including phenoxy) is 1. The van der Waals surface area contributed by atoms with Crippen LogP contribution in [0.5, 0.6) is 0 Å². The molecular formula is C11H20N5Na2O14P3. The number of rotatable bonds is 8. The van der Waals surface area contributed by atoms with E-state index in [1.54, 1.807) is 0 Å². The summed E-state index contributed by atoms with van der Waals surface area (Å²) in [6, 6.07) is 0. The summed E-state index contributed by atoms with van der Waals surface area (Å²) in [6.45, 7) is -1.000. The van der Waals surface area contributed by atoms with Crippen LogP contribution < -0.4 is 74.6 Å². The van der Waals surface area contributed by atoms with Gasteiger partial charge in [-0.15, -0.1) is 0 Å². The van der Waals surface area contributed by atoms with Crippen molar-refractivity contribution in [2.45, 2.75) is 32.0 Å². The first-order chi connectivity index (χ1) is 14.2. The van der Waals surface area contributed by atoms with Gasteiger partial charge in [0.15, 0.2) is 17.7 Å². The van der Waals surface area contributed by atoms with Crippen LogP contribution in [0.4, 0.5) is 5.82 Å². The van der Waals surface area contributed by atoms with E-state index in [0.29, 0.717) is 0 Å². The SMILES string of the molecule is C.Nc1ncnc2c1ncn2[C@@H]1O[C@H](COP(=O)(O)OP(=O)([O-])OP(=O)([O-])O)[C@@H](O)[C@H]1O.O.[Na+].[Na+]. The van der Waals surface area contributed by atoms with Gasteiger partial charge in [-0.3, -0.25) is 18.2 Å². The minimum atomic E-state index is -6.01. The molecule has 24 heteroatoms. The van der Waals surface area contributed by atoms with E-state index < -0.39 is 54.6 Å². The molecule has 35 heavy (non-hydrogen) atoms. The van der Waals surface area contributed by atoms with Crippen LogP contribution in [-0.2, 0) is 31.6 Å². The third kappa shape index (κ3) is 9.69. The van der Waals surface area contributed by atoms with E-state index in [9.17, 15) is 38.6 Å². The van der Waals surface area contributed by atoms with Gasteiger partial charge in [0.1, 0.15) is 30.2 Å². The van der Waals surface area contributed by atoms with Crippen LogP contribution in [0.1, 0.15) is 13.7 Å². The molecule has 1 saturated heterocycles. The van der Waals surface area contributed by atoms with Crippen molar-refractivity contribution in [3.05, 3.63) is 12.7 Å². The Morgan fingerprint density at radius 3 is 2.26 bits per heavy atom. The Hall–Kier alpha value is 0.600. The zero-order valence-corrected chi connectivity index (χ0v) is 24.0. The van der Waals surface area contributed by atoms with Crippen LogP contribution in [0.15, 0.2) is 12.7 Å². The Morgan fingerprint density at radius 1 is 1.09 bits per heavy atom. The fraction of sp³-hybridized carbons (Fsp3) is 0.545. The van der Waals surface area contributed by atoms with E-state index in [4.69, 9.17) is 15.4 Å². The molecule has 2 aromatic heterocycles. The second-order valence-electron chi connectivity index (χ2n) is 5.97. The van der Waals surface area contributed by atoms with Crippen LogP contribution in [0, 0.1) is 0 Å². The Kier molecular flexibility index (Phi) is 15.2. The summed E-state index contributed by atoms with van der Waals surface area (Å²) in [4.78, 5) is 51.0. The monoisotopic (exact) mass is 585 g/mol. The van der Waals surface area contributed by atoms with E-state index in [0.717, 1.165) is 6.33 Å². The summed E-state index contributed by atoms with van der Waals surface area (Å²) in [5.74, 6) is 0.0322. The first-order valence-corrected chi connectivity index (χ1v) is 12.3. The maximum atomic E-state index is 11.7. The predicted molar refractivity (Wildman–Crippen MR) is 101 cm³/mol. The second-order valence-corrected chi connectivity index (χ2v) is 10.3. The number of aromatic nitrogens is 4. The van der Waals surface area contributed by atoms with Crippen molar-refractivity contribution in [3.8, 4) is 0 Å². The third-order valence-electron chi connectivity index (χ3n) is 3.81. The summed E-state index contributed by atoms with van der Waals surface area (Å²) >= 11 is 0. The summed E-state index contributed by atoms with van der Waals surface area (Å²) in [5, 5.41) is 20.4. The van der Waals surface area contributed by atoms with Crippen molar-refractivity contribution in [2.24, 2.45) is 0 Å². The van der Waals surface area contributed by atoms with Gasteiger partial charge in [0.25, 0.3) is 15.6 Å². The van der Waals surface area contributed by atoms with E-state index in [1.165, 1.54) is 10.9 Å². The van der Waals surface area contributed by atoms with Gasteiger partial charge in [-0.05, 0) is 0 Å². The number of anilines is 1. The molecule has 0 radical (unpaired) electrons. The molecule has 0 spiro atoms. The van der Waals surface area contributed by atoms with Gasteiger partial charge >= 0.3 is 66.9 Å². The van der Waals surface area contributed by atoms with E-state index in [1.807, 2.05) is 0 Å². The molecular weight excluding hydrogens is 565 g/mol. The Bertz CT molecular complexity index is 1120. The minimum Gasteiger partial charge on any atom is -0.756 e. The topological polar surface area (TPSA) is 316 Å². The molecule has 190 valence electrons. The van der Waals surface area contributed by atoms with Crippen molar-refractivity contribution in [3.63, 3.8) is 0 Å². The Labute approximate surface area is 241 Å². The molecule has 0 aliphatic carbocycles. The summed E-state index contributed by atoms with van der Waals surface area (Å²) in [6.07, 6.45) is -3.81. The van der Waals surface area contributed by atoms with Crippen LogP contribution in [0.2, 0.25) is 0 Å². The molecule has 1 fully saturated rings. The van der Waals surface area contributed by atoms with Crippen LogP contribution in [-0.4, -0.2) is 69.9 Å². The number of phosphoric acid groups is 3. The van der Waals surface area contributed by atoms with Gasteiger partial charge < -0.3 is 45.7 Å². The number of aliphatic hydroxyl groups is 2. The van der Waals surface area contributed by atoms with E-state index in [-0.39, 0.29) is 89.0 Å². The molecule has 1 aliphatic heterocycles. The maximum Gasteiger partial charge on any atom is 1.00 e. The zero-order chi connectivity index (χ0) is 23.2. The smallest absolute Gasteiger partial charge is 0.756 e. The molecule has 3 rings (SSSR count). The van der Waals surface area contributed by atoms with Gasteiger partial charge in [-0.1, -0.05) is 7.43 Å². The number of phosphoric ester groups is 1. The molecule has 3 unspecified atom stereocenters. The van der Waals surface area contributed by atoms with Gasteiger partial charge in [0.2, 0.25) is 0 Å². The molecule has 19 nitrogen and oxygen atoms in total. The summed E-state index contributed by atoms with van der Waals surface area (Å²) in [5.41, 5.74) is 5.97. The summed E-state index contributed by atoms with van der Waals surface area (Å²) in [7, 11) is -17.4. The molecule has 8 N–H and O–H groups in total. The fourth-order valence-corrected chi connectivity index (χ4v) is 5.55. The second kappa shape index (κ2) is 14.1. The quantitative estimate of drug-likeness (QED) is 0.142. The number of nitrogens with two attached hydrogens (primary N) is 1. The number of nitrogens with zero attached hydrogens (tertiary/aromatic N) is 4. The normalized spacial score (nSPS) is 26.6. The predicted octanol–water partition coefficient (Wildman–Crippen LogP) is -9.07. The van der Waals surface area contributed by atoms with Gasteiger partial charge in [-0.25, -0.2) is 28.1 Å². The fourth-order valence-electron chi connectivity index (χ4n) is 2.61. The number of fused-ring (bicyclic) bond motifs is 1. The van der Waals surface area contributed by atoms with Crippen molar-refractivity contribution in [1.82, 2.24) is 19.5 Å². The van der Waals surface area contributed by atoms with Crippen molar-refractivity contribution >= 4 is 40.4 Å². The summed E-state index contributed by atoms with van der Waals surface area (Å²) < 4.78 is 51.0. The van der Waals surface area contributed by atoms with Gasteiger partial charge in [0.05, 0.1) is 12.9 Å². The number of hydrogen-bond donors (Lipinski definition) is 5. The average Bonchev–Trinajstić information content (AvgIpc) is 3.13. The van der Waals surface area contributed by atoms with E-state index in [2.05, 4.69) is 28.1 Å². The number of hydrogen-bond acceptors (Lipinski definition) is 15. The van der Waals surface area contributed by atoms with Gasteiger partial charge in [0, 0.05) is 0 Å². The largest absolute Gasteiger partial charge is 1.00 e. The standard InChI is InChI=1S/C10H16N5O13P3.CH4.2Na.H2O/c11-8-5-9(13-2-12-8)15(3-14-5)10-7(17)6(16)4(26-10)1-25-30(21,22)28-31(23,24)27-29(18,19)20;;;;/h2-4,6-7,10,16-17H,1H2,(H,21,22)(H,23,24)(H2,11,12,13)(H2,18,19,20);1H4;;;1H2/q;;2*+1;/p-2/t4-,6-,7-,10-;;;;/m1..../s1. The van der Waals surface area contributed by atoms with Crippen LogP contribution in [0.3, 0.4) is 0 Å². The zero-order valence-electron chi connectivity index (χ0n) is 17.3. The van der Waals surface area contributed by atoms with Crippen molar-refractivity contribution < 1.29 is 126 Å². The molecule has 1 aliphatic rings. The minimum absolute atomic E-state index is 0. The molecule has 0 aromatic carbocycles. The van der Waals surface area contributed by atoms with Crippen LogP contribution in [0.25, 0.3) is 11.2 Å². The Morgan fingerprint density at radius 2 is 1.69 bits per heavy atom. The van der Waals surface area contributed by atoms with Gasteiger partial charge in [-0.2, -0.15) is 0 Å². The number of aliphatic hydroxyl groups excluding tert-OH is 2. The maximum absolute atomic E-state index is 11.7. The molecule has 7 atom stereocenters. The number of nitrogen functional groups attached to an aromatic ring is 1. The van der Waals surface area contributed by atoms with Crippen LogP contribution >= 0.6 is 23.5 Å². The molecule has 0 bridgehead atoms. The average molecular weight is 585 g/mol. The molecule has 3 heterocycles. The first kappa shape index (κ1) is 37.8.